The molecule has 2 unspecified atom stereocenters. The molecule has 2 aromatic heterocycles. The molecule has 4 aliphatic carbocycles. The van der Waals surface area contributed by atoms with E-state index in [1.54, 1.807) is 17.1 Å². The van der Waals surface area contributed by atoms with Gasteiger partial charge in [-0.05, 0) is 66.9 Å². The fourth-order valence-corrected chi connectivity index (χ4v) is 6.19. The van der Waals surface area contributed by atoms with E-state index in [0.717, 1.165) is 37.7 Å². The molecule has 9 nitrogen and oxygen atoms in total. The van der Waals surface area contributed by atoms with E-state index in [1.165, 1.54) is 6.33 Å². The first-order valence-corrected chi connectivity index (χ1v) is 9.72. The van der Waals surface area contributed by atoms with Crippen molar-refractivity contribution < 1.29 is 9.72 Å². The van der Waals surface area contributed by atoms with Gasteiger partial charge < -0.3 is 15.4 Å². The number of aromatic nitrogens is 4. The van der Waals surface area contributed by atoms with Gasteiger partial charge in [-0.3, -0.25) is 9.78 Å². The first-order valence-electron chi connectivity index (χ1n) is 9.72. The topological polar surface area (TPSA) is 116 Å². The molecule has 146 valence electrons. The van der Waals surface area contributed by atoms with Gasteiger partial charge in [-0.15, -0.1) is 0 Å². The lowest BCUT2D eigenvalue weighted by molar-refractivity contribution is -0.394. The van der Waals surface area contributed by atoms with Crippen molar-refractivity contribution in [3.05, 3.63) is 46.5 Å². The molecule has 0 spiro atoms. The quantitative estimate of drug-likeness (QED) is 0.626. The zero-order valence-electron chi connectivity index (χ0n) is 15.5. The maximum absolute atomic E-state index is 13.3. The summed E-state index contributed by atoms with van der Waals surface area (Å²) >= 11 is 0. The van der Waals surface area contributed by atoms with Crippen molar-refractivity contribution in [2.75, 3.05) is 0 Å². The van der Waals surface area contributed by atoms with Gasteiger partial charge in [0.05, 0.1) is 11.0 Å². The third-order valence-corrected chi connectivity index (χ3v) is 6.82. The number of nitro groups is 1. The third kappa shape index (κ3) is 2.68. The second kappa shape index (κ2) is 6.08. The van der Waals surface area contributed by atoms with Crippen LogP contribution in [-0.2, 0) is 16.9 Å². The van der Waals surface area contributed by atoms with Crippen molar-refractivity contribution >= 4 is 11.9 Å². The number of hydrogen-bond acceptors (Lipinski definition) is 6. The number of nitrogens with one attached hydrogen (secondary N) is 1. The molecule has 0 saturated heterocycles. The first kappa shape index (κ1) is 17.3. The Balaban J connectivity index is 1.41. The van der Waals surface area contributed by atoms with Crippen LogP contribution in [0.5, 0.6) is 0 Å². The van der Waals surface area contributed by atoms with Crippen LogP contribution in [0.25, 0.3) is 0 Å². The summed E-state index contributed by atoms with van der Waals surface area (Å²) in [6.07, 6.45) is 10.4. The molecule has 4 atom stereocenters. The minimum absolute atomic E-state index is 0.0874. The summed E-state index contributed by atoms with van der Waals surface area (Å²) < 4.78 is 1.69. The smallest absolute Gasteiger partial charge is 0.390 e. The standard InChI is InChI=1S/C19H22N6O3/c26-16(21-10-13-2-1-3-20-9-13)18-5-14-4-15(6-18)8-19(7-14,11-18)24-12-22-17(23-24)25(27)28/h1-3,9,12,14-15H,4-8,10-11H2,(H,21,26)/t14-,15+,18?,19?. The zero-order chi connectivity index (χ0) is 19.4. The predicted octanol–water partition coefficient (Wildman–Crippen LogP) is 2.19. The van der Waals surface area contributed by atoms with Gasteiger partial charge in [-0.25, -0.2) is 0 Å². The molecule has 1 amide bonds. The van der Waals surface area contributed by atoms with E-state index in [0.29, 0.717) is 24.8 Å². The monoisotopic (exact) mass is 382 g/mol. The lowest BCUT2D eigenvalue weighted by Gasteiger charge is -2.60. The molecule has 28 heavy (non-hydrogen) atoms. The van der Waals surface area contributed by atoms with Crippen LogP contribution in [0.1, 0.15) is 44.1 Å². The van der Waals surface area contributed by atoms with E-state index in [-0.39, 0.29) is 17.4 Å². The van der Waals surface area contributed by atoms with Gasteiger partial charge >= 0.3 is 5.95 Å². The Labute approximate surface area is 161 Å². The number of nitrogens with zero attached hydrogens (tertiary/aromatic N) is 5. The maximum atomic E-state index is 13.3. The minimum Gasteiger partial charge on any atom is -0.390 e. The molecule has 1 N–H and O–H groups in total. The highest BCUT2D eigenvalue weighted by Crippen LogP contribution is 2.64. The van der Waals surface area contributed by atoms with Crippen LogP contribution in [0.2, 0.25) is 0 Å². The molecule has 9 heteroatoms. The average Bonchev–Trinajstić information content (AvgIpc) is 3.17. The second-order valence-electron chi connectivity index (χ2n) is 8.76. The lowest BCUT2D eigenvalue weighted by atomic mass is 9.46. The van der Waals surface area contributed by atoms with Gasteiger partial charge in [0.1, 0.15) is 0 Å². The molecule has 4 aliphatic rings. The van der Waals surface area contributed by atoms with E-state index >= 15 is 0 Å². The van der Waals surface area contributed by atoms with Crippen molar-refractivity contribution in [1.82, 2.24) is 25.1 Å². The fourth-order valence-electron chi connectivity index (χ4n) is 6.19. The van der Waals surface area contributed by atoms with Crippen LogP contribution in [-0.4, -0.2) is 30.6 Å². The molecule has 2 heterocycles. The lowest BCUT2D eigenvalue weighted by Crippen LogP contribution is -2.61. The van der Waals surface area contributed by atoms with Crippen molar-refractivity contribution in [3.63, 3.8) is 0 Å². The summed E-state index contributed by atoms with van der Waals surface area (Å²) in [4.78, 5) is 31.7. The summed E-state index contributed by atoms with van der Waals surface area (Å²) in [5.74, 6) is 0.623. The number of rotatable bonds is 5. The molecular weight excluding hydrogens is 360 g/mol. The Morgan fingerprint density at radius 2 is 2.11 bits per heavy atom. The Kier molecular flexibility index (Phi) is 3.75. The molecule has 4 bridgehead atoms. The minimum atomic E-state index is -0.562. The SMILES string of the molecule is O=C(NCc1cccnc1)C12C[C@H]3C[C@@H](C1)CC(n1cnc([N+](=O)[O-])n1)(C3)C2. The van der Waals surface area contributed by atoms with Crippen molar-refractivity contribution in [3.8, 4) is 0 Å². The fraction of sp³-hybridized carbons (Fsp3) is 0.579. The number of amides is 1. The van der Waals surface area contributed by atoms with Crippen molar-refractivity contribution in [2.45, 2.75) is 50.6 Å². The van der Waals surface area contributed by atoms with E-state index in [4.69, 9.17) is 0 Å². The zero-order valence-corrected chi connectivity index (χ0v) is 15.5. The van der Waals surface area contributed by atoms with E-state index < -0.39 is 10.3 Å². The molecule has 0 aromatic carbocycles. The van der Waals surface area contributed by atoms with Gasteiger partial charge in [-0.2, -0.15) is 4.68 Å². The van der Waals surface area contributed by atoms with Crippen LogP contribution in [0, 0.1) is 27.4 Å². The number of carbonyl (C=O) groups is 1. The summed E-state index contributed by atoms with van der Waals surface area (Å²) in [5, 5.41) is 18.3. The van der Waals surface area contributed by atoms with Crippen molar-refractivity contribution in [1.29, 1.82) is 0 Å². The molecular formula is C19H22N6O3. The molecule has 6 rings (SSSR count). The largest absolute Gasteiger partial charge is 0.490 e. The summed E-state index contributed by atoms with van der Waals surface area (Å²) in [5.41, 5.74) is 0.214. The normalized spacial score (nSPS) is 33.0. The molecule has 2 aromatic rings. The van der Waals surface area contributed by atoms with E-state index in [1.807, 2.05) is 12.1 Å². The Morgan fingerprint density at radius 3 is 2.75 bits per heavy atom. The highest BCUT2D eigenvalue weighted by molar-refractivity contribution is 5.83. The highest BCUT2D eigenvalue weighted by Gasteiger charge is 2.62. The Bertz CT molecular complexity index is 913. The number of hydrogen-bond donors (Lipinski definition) is 1. The number of pyridine rings is 1. The summed E-state index contributed by atoms with van der Waals surface area (Å²) in [6, 6.07) is 3.81. The van der Waals surface area contributed by atoms with Crippen LogP contribution in [0.15, 0.2) is 30.9 Å². The van der Waals surface area contributed by atoms with E-state index in [2.05, 4.69) is 20.4 Å². The van der Waals surface area contributed by atoms with E-state index in [9.17, 15) is 14.9 Å². The van der Waals surface area contributed by atoms with Gasteiger partial charge in [-0.1, -0.05) is 11.1 Å². The van der Waals surface area contributed by atoms with Crippen molar-refractivity contribution in [2.24, 2.45) is 17.3 Å². The summed E-state index contributed by atoms with van der Waals surface area (Å²) in [6.45, 7) is 0.464. The second-order valence-corrected chi connectivity index (χ2v) is 8.76. The van der Waals surface area contributed by atoms with Gasteiger partial charge in [0.2, 0.25) is 12.2 Å². The summed E-state index contributed by atoms with van der Waals surface area (Å²) in [7, 11) is 0. The molecule has 0 radical (unpaired) electrons. The Morgan fingerprint density at radius 1 is 1.32 bits per heavy atom. The van der Waals surface area contributed by atoms with Crippen LogP contribution in [0.3, 0.4) is 0 Å². The van der Waals surface area contributed by atoms with Gasteiger partial charge in [0, 0.05) is 24.0 Å². The average molecular weight is 382 g/mol. The highest BCUT2D eigenvalue weighted by atomic mass is 16.6. The van der Waals surface area contributed by atoms with Crippen LogP contribution >= 0.6 is 0 Å². The van der Waals surface area contributed by atoms with Crippen LogP contribution in [0.4, 0.5) is 5.95 Å². The van der Waals surface area contributed by atoms with Crippen LogP contribution < -0.4 is 5.32 Å². The number of carbonyl (C=O) groups excluding carboxylic acids is 1. The molecule has 4 saturated carbocycles. The van der Waals surface area contributed by atoms with Gasteiger partial charge in [0.15, 0.2) is 0 Å². The first-order chi connectivity index (χ1) is 13.5. The maximum Gasteiger partial charge on any atom is 0.490 e. The third-order valence-electron chi connectivity index (χ3n) is 6.82. The molecule has 0 aliphatic heterocycles. The Hall–Kier alpha value is -2.84. The predicted molar refractivity (Wildman–Crippen MR) is 97.8 cm³/mol. The van der Waals surface area contributed by atoms with Gasteiger partial charge in [0.25, 0.3) is 0 Å². The molecule has 4 fully saturated rings.